The molecule has 0 aliphatic rings. The summed E-state index contributed by atoms with van der Waals surface area (Å²) in [4.78, 5) is 9.11. The van der Waals surface area contributed by atoms with Gasteiger partial charge in [-0.3, -0.25) is 0 Å². The van der Waals surface area contributed by atoms with Gasteiger partial charge in [0.05, 0.1) is 6.54 Å². The van der Waals surface area contributed by atoms with Crippen molar-refractivity contribution in [2.24, 2.45) is 0 Å². The van der Waals surface area contributed by atoms with E-state index >= 15 is 0 Å². The Kier molecular flexibility index (Phi) is 3.17. The molecule has 0 saturated carbocycles. The molecule has 0 fully saturated rings. The fourth-order valence-corrected chi connectivity index (χ4v) is 2.52. The summed E-state index contributed by atoms with van der Waals surface area (Å²) in [5.41, 5.74) is 5.54. The van der Waals surface area contributed by atoms with E-state index in [0.29, 0.717) is 5.82 Å². The highest BCUT2D eigenvalue weighted by Gasteiger charge is 2.01. The van der Waals surface area contributed by atoms with Crippen molar-refractivity contribution in [2.45, 2.75) is 6.54 Å². The maximum absolute atomic E-state index is 5.54. The van der Waals surface area contributed by atoms with Crippen LogP contribution in [0.5, 0.6) is 0 Å². The van der Waals surface area contributed by atoms with Crippen molar-refractivity contribution in [3.63, 3.8) is 0 Å². The summed E-state index contributed by atoms with van der Waals surface area (Å²) in [6.45, 7) is 0.731. The summed E-state index contributed by atoms with van der Waals surface area (Å²) >= 11 is 5.16. The fraction of sp³-hybridized carbons (Fsp3) is 0.111. The van der Waals surface area contributed by atoms with Crippen LogP contribution in [0.3, 0.4) is 0 Å². The molecule has 2 aromatic rings. The molecule has 0 bridgehead atoms. The molecule has 0 atom stereocenters. The largest absolute Gasteiger partial charge is 0.384 e. The van der Waals surface area contributed by atoms with E-state index in [1.807, 2.05) is 11.4 Å². The Morgan fingerprint density at radius 2 is 2.33 bits per heavy atom. The van der Waals surface area contributed by atoms with Crippen LogP contribution in [0.1, 0.15) is 4.88 Å². The minimum absolute atomic E-state index is 0.470. The number of aromatic nitrogens is 2. The van der Waals surface area contributed by atoms with Crippen molar-refractivity contribution < 1.29 is 0 Å². The maximum Gasteiger partial charge on any atom is 0.131 e. The molecule has 2 heterocycles. The van der Waals surface area contributed by atoms with Crippen molar-refractivity contribution in [1.29, 1.82) is 0 Å². The summed E-state index contributed by atoms with van der Waals surface area (Å²) in [5, 5.41) is 5.22. The molecule has 2 rings (SSSR count). The molecule has 0 unspecified atom stereocenters. The first kappa shape index (κ1) is 10.4. The molecule has 6 heteroatoms. The second kappa shape index (κ2) is 4.59. The molecule has 0 aromatic carbocycles. The van der Waals surface area contributed by atoms with Crippen LogP contribution in [0.2, 0.25) is 0 Å². The molecular weight excluding hydrogens is 276 g/mol. The van der Waals surface area contributed by atoms with Crippen LogP contribution in [-0.2, 0) is 6.54 Å². The van der Waals surface area contributed by atoms with Gasteiger partial charge in [0.15, 0.2) is 0 Å². The van der Waals surface area contributed by atoms with Gasteiger partial charge in [-0.2, -0.15) is 0 Å². The van der Waals surface area contributed by atoms with E-state index in [1.54, 1.807) is 17.4 Å². The number of rotatable bonds is 3. The summed E-state index contributed by atoms with van der Waals surface area (Å²) in [6.07, 6.45) is 1.45. The smallest absolute Gasteiger partial charge is 0.131 e. The number of hydrogen-bond donors (Lipinski definition) is 2. The van der Waals surface area contributed by atoms with Gasteiger partial charge < -0.3 is 11.1 Å². The molecule has 3 N–H and O–H groups in total. The Bertz CT molecular complexity index is 457. The second-order valence-electron chi connectivity index (χ2n) is 2.87. The van der Waals surface area contributed by atoms with E-state index in [2.05, 4.69) is 31.2 Å². The molecule has 0 amide bonds. The minimum atomic E-state index is 0.470. The third-order valence-electron chi connectivity index (χ3n) is 1.81. The standard InChI is InChI=1S/C9H9BrN4S/c10-6-1-2-15-7(6)4-12-9-3-8(11)13-5-14-9/h1-3,5H,4H2,(H3,11,12,13,14). The molecule has 0 saturated heterocycles. The van der Waals surface area contributed by atoms with E-state index in [9.17, 15) is 0 Å². The lowest BCUT2D eigenvalue weighted by atomic mass is 10.4. The summed E-state index contributed by atoms with van der Waals surface area (Å²) in [7, 11) is 0. The fourth-order valence-electron chi connectivity index (χ4n) is 1.09. The topological polar surface area (TPSA) is 63.8 Å². The average molecular weight is 285 g/mol. The normalized spacial score (nSPS) is 10.2. The molecule has 0 aliphatic carbocycles. The summed E-state index contributed by atoms with van der Waals surface area (Å²) < 4.78 is 1.11. The lowest BCUT2D eigenvalue weighted by Gasteiger charge is -2.04. The van der Waals surface area contributed by atoms with Gasteiger partial charge in [0.2, 0.25) is 0 Å². The molecule has 78 valence electrons. The number of nitrogens with one attached hydrogen (secondary N) is 1. The zero-order valence-electron chi connectivity index (χ0n) is 7.77. The van der Waals surface area contributed by atoms with E-state index in [0.717, 1.165) is 16.8 Å². The van der Waals surface area contributed by atoms with E-state index in [-0.39, 0.29) is 0 Å². The van der Waals surface area contributed by atoms with Gasteiger partial charge in [0, 0.05) is 15.4 Å². The quantitative estimate of drug-likeness (QED) is 0.909. The number of hydrogen-bond acceptors (Lipinski definition) is 5. The zero-order valence-corrected chi connectivity index (χ0v) is 10.2. The van der Waals surface area contributed by atoms with Crippen LogP contribution in [0.25, 0.3) is 0 Å². The first-order valence-corrected chi connectivity index (χ1v) is 5.96. The Morgan fingerprint density at radius 1 is 1.47 bits per heavy atom. The number of nitrogen functional groups attached to an aromatic ring is 1. The number of nitrogens with zero attached hydrogens (tertiary/aromatic N) is 2. The van der Waals surface area contributed by atoms with Crippen LogP contribution in [0.4, 0.5) is 11.6 Å². The highest BCUT2D eigenvalue weighted by Crippen LogP contribution is 2.23. The van der Waals surface area contributed by atoms with Crippen molar-refractivity contribution in [2.75, 3.05) is 11.1 Å². The van der Waals surface area contributed by atoms with Crippen LogP contribution >= 0.6 is 27.3 Å². The molecule has 0 aliphatic heterocycles. The summed E-state index contributed by atoms with van der Waals surface area (Å²) in [5.74, 6) is 1.21. The Hall–Kier alpha value is -1.14. The SMILES string of the molecule is Nc1cc(NCc2sccc2Br)ncn1. The van der Waals surface area contributed by atoms with Crippen LogP contribution < -0.4 is 11.1 Å². The third-order valence-corrected chi connectivity index (χ3v) is 3.74. The first-order valence-electron chi connectivity index (χ1n) is 4.29. The van der Waals surface area contributed by atoms with Crippen LogP contribution in [-0.4, -0.2) is 9.97 Å². The van der Waals surface area contributed by atoms with Gasteiger partial charge >= 0.3 is 0 Å². The molecule has 0 spiro atoms. The van der Waals surface area contributed by atoms with Crippen molar-refractivity contribution in [3.8, 4) is 0 Å². The van der Waals surface area contributed by atoms with E-state index < -0.39 is 0 Å². The number of anilines is 2. The number of thiophene rings is 1. The third kappa shape index (κ3) is 2.66. The highest BCUT2D eigenvalue weighted by atomic mass is 79.9. The molecular formula is C9H9BrN4S. The van der Waals surface area contributed by atoms with Gasteiger partial charge in [0.25, 0.3) is 0 Å². The van der Waals surface area contributed by atoms with Gasteiger partial charge in [0.1, 0.15) is 18.0 Å². The molecule has 2 aromatic heterocycles. The lowest BCUT2D eigenvalue weighted by Crippen LogP contribution is -2.01. The Balaban J connectivity index is 2.02. The minimum Gasteiger partial charge on any atom is -0.384 e. The number of nitrogens with two attached hydrogens (primary N) is 1. The molecule has 0 radical (unpaired) electrons. The highest BCUT2D eigenvalue weighted by molar-refractivity contribution is 9.10. The van der Waals surface area contributed by atoms with Crippen LogP contribution in [0.15, 0.2) is 28.3 Å². The average Bonchev–Trinajstić information content (AvgIpc) is 2.61. The van der Waals surface area contributed by atoms with Gasteiger partial charge in [-0.05, 0) is 27.4 Å². The zero-order chi connectivity index (χ0) is 10.7. The lowest BCUT2D eigenvalue weighted by molar-refractivity contribution is 1.10. The predicted octanol–water partition coefficient (Wildman–Crippen LogP) is 2.49. The Labute approximate surface area is 99.7 Å². The predicted molar refractivity (Wildman–Crippen MR) is 65.8 cm³/mol. The van der Waals surface area contributed by atoms with Gasteiger partial charge in [-0.25, -0.2) is 9.97 Å². The molecule has 4 nitrogen and oxygen atoms in total. The first-order chi connectivity index (χ1) is 7.25. The second-order valence-corrected chi connectivity index (χ2v) is 4.73. The monoisotopic (exact) mass is 284 g/mol. The van der Waals surface area contributed by atoms with Crippen molar-refractivity contribution in [3.05, 3.63) is 33.2 Å². The van der Waals surface area contributed by atoms with E-state index in [1.165, 1.54) is 11.2 Å². The van der Waals surface area contributed by atoms with Gasteiger partial charge in [-0.1, -0.05) is 0 Å². The van der Waals surface area contributed by atoms with Crippen molar-refractivity contribution >= 4 is 38.9 Å². The maximum atomic E-state index is 5.54. The van der Waals surface area contributed by atoms with E-state index in [4.69, 9.17) is 5.73 Å². The van der Waals surface area contributed by atoms with Crippen molar-refractivity contribution in [1.82, 2.24) is 9.97 Å². The summed E-state index contributed by atoms with van der Waals surface area (Å²) in [6, 6.07) is 3.73. The Morgan fingerprint density at radius 3 is 3.00 bits per heavy atom. The van der Waals surface area contributed by atoms with Crippen LogP contribution in [0, 0.1) is 0 Å². The number of halogens is 1. The van der Waals surface area contributed by atoms with Gasteiger partial charge in [-0.15, -0.1) is 11.3 Å². The molecule has 15 heavy (non-hydrogen) atoms.